The minimum Gasteiger partial charge on any atom is -0.478 e. The van der Waals surface area contributed by atoms with Crippen molar-refractivity contribution in [3.05, 3.63) is 70.4 Å². The second kappa shape index (κ2) is 17.3. The number of halogens is 7. The van der Waals surface area contributed by atoms with Crippen molar-refractivity contribution >= 4 is 52.6 Å². The van der Waals surface area contributed by atoms with Crippen molar-refractivity contribution in [3.63, 3.8) is 0 Å². The smallest absolute Gasteiger partial charge is 0.432 e. The number of hydrogen-bond donors (Lipinski definition) is 3. The lowest BCUT2D eigenvalue weighted by molar-refractivity contribution is -0.138. The molecule has 2 amide bonds. The molecule has 0 saturated heterocycles. The second-order valence-electron chi connectivity index (χ2n) is 10.7. The Bertz CT molecular complexity index is 1880. The summed E-state index contributed by atoms with van der Waals surface area (Å²) in [4.78, 5) is 47.1. The zero-order chi connectivity index (χ0) is 39.8. The number of benzene rings is 2. The first kappa shape index (κ1) is 41.9. The van der Waals surface area contributed by atoms with Crippen LogP contribution in [0.3, 0.4) is 0 Å². The van der Waals surface area contributed by atoms with Gasteiger partial charge in [0.1, 0.15) is 0 Å². The number of rotatable bonds is 8. The molecule has 53 heavy (non-hydrogen) atoms. The Kier molecular flexibility index (Phi) is 13.7. The molecule has 1 aliphatic rings. The summed E-state index contributed by atoms with van der Waals surface area (Å²) >= 11 is 6.36. The standard InChI is InChI=1S/C20H23ClF3N3O6.C12H8F3N3O2/c1-5-32-16-9-14(21)17(26-27(16)19(30)33-6-2)11-7-12(18(29)31-4)15(25-10(3)28)8-13(11)20(22,23)24;13-12(14,15)8-5-9(16)7(11(19)20)4-6(8)10-2-1-3-17-18-10/h7-8,14,16H,5-6,9H2,1-4H3,(H,25,28);1-5H,16H2,(H,19,20). The van der Waals surface area contributed by atoms with E-state index in [4.69, 9.17) is 31.9 Å². The van der Waals surface area contributed by atoms with Gasteiger partial charge in [-0.2, -0.15) is 46.7 Å². The molecule has 0 aliphatic carbocycles. The predicted octanol–water partition coefficient (Wildman–Crippen LogP) is 6.43. The third-order valence-electron chi connectivity index (χ3n) is 7.04. The van der Waals surface area contributed by atoms with Gasteiger partial charge in [0.2, 0.25) is 5.91 Å². The number of amides is 2. The minimum absolute atomic E-state index is 0.00492. The molecular formula is C32H31ClF6N6O8. The Morgan fingerprint density at radius 2 is 1.62 bits per heavy atom. The lowest BCUT2D eigenvalue weighted by Gasteiger charge is -2.34. The lowest BCUT2D eigenvalue weighted by atomic mass is 9.94. The van der Waals surface area contributed by atoms with Gasteiger partial charge >= 0.3 is 30.4 Å². The zero-order valence-corrected chi connectivity index (χ0v) is 28.9. The molecule has 2 atom stereocenters. The summed E-state index contributed by atoms with van der Waals surface area (Å²) in [5.74, 6) is -3.11. The third kappa shape index (κ3) is 10.3. The number of hydrogen-bond acceptors (Lipinski definition) is 11. The van der Waals surface area contributed by atoms with E-state index in [1.807, 2.05) is 0 Å². The fourth-order valence-corrected chi connectivity index (χ4v) is 5.16. The summed E-state index contributed by atoms with van der Waals surface area (Å²) in [5, 5.41) is 21.9. The van der Waals surface area contributed by atoms with Crippen LogP contribution in [0.4, 0.5) is 42.5 Å². The number of methoxy groups -OCH3 is 1. The van der Waals surface area contributed by atoms with Crippen molar-refractivity contribution in [2.45, 2.75) is 51.1 Å². The van der Waals surface area contributed by atoms with Gasteiger partial charge < -0.3 is 30.4 Å². The molecule has 4 N–H and O–H groups in total. The number of nitrogens with zero attached hydrogens (tertiary/aromatic N) is 4. The van der Waals surface area contributed by atoms with E-state index in [2.05, 4.69) is 25.4 Å². The molecule has 14 nitrogen and oxygen atoms in total. The number of carbonyl (C=O) groups is 4. The molecule has 0 saturated carbocycles. The van der Waals surface area contributed by atoms with Crippen LogP contribution in [0.15, 0.2) is 47.7 Å². The van der Waals surface area contributed by atoms with E-state index in [0.717, 1.165) is 31.2 Å². The van der Waals surface area contributed by atoms with Crippen LogP contribution in [0, 0.1) is 0 Å². The number of carbonyl (C=O) groups excluding carboxylic acids is 3. The van der Waals surface area contributed by atoms with Crippen molar-refractivity contribution in [2.75, 3.05) is 31.4 Å². The van der Waals surface area contributed by atoms with E-state index in [9.17, 15) is 45.5 Å². The number of carboxylic acids is 1. The van der Waals surface area contributed by atoms with E-state index < -0.39 is 81.5 Å². The summed E-state index contributed by atoms with van der Waals surface area (Å²) in [6.07, 6.45) is -10.3. The number of carboxylic acid groups (broad SMARTS) is 1. The van der Waals surface area contributed by atoms with Crippen molar-refractivity contribution in [3.8, 4) is 11.3 Å². The quantitative estimate of drug-likeness (QED) is 0.0987. The summed E-state index contributed by atoms with van der Waals surface area (Å²) < 4.78 is 95.9. The van der Waals surface area contributed by atoms with Crippen LogP contribution < -0.4 is 11.1 Å². The molecule has 3 aromatic rings. The molecule has 0 spiro atoms. The number of anilines is 2. The van der Waals surface area contributed by atoms with Gasteiger partial charge in [0, 0.05) is 43.0 Å². The van der Waals surface area contributed by atoms with Gasteiger partial charge in [-0.25, -0.2) is 14.4 Å². The van der Waals surface area contributed by atoms with E-state index in [-0.39, 0.29) is 42.2 Å². The molecule has 0 radical (unpaired) electrons. The van der Waals surface area contributed by atoms with E-state index >= 15 is 0 Å². The number of alkyl halides is 7. The number of nitrogens with one attached hydrogen (secondary N) is 1. The Morgan fingerprint density at radius 3 is 2.13 bits per heavy atom. The van der Waals surface area contributed by atoms with E-state index in [1.54, 1.807) is 13.8 Å². The molecular weight excluding hydrogens is 746 g/mol. The number of aromatic nitrogens is 2. The molecule has 0 fully saturated rings. The Labute approximate surface area is 301 Å². The van der Waals surface area contributed by atoms with Gasteiger partial charge in [-0.1, -0.05) is 0 Å². The highest BCUT2D eigenvalue weighted by Gasteiger charge is 2.42. The number of aromatic carboxylic acids is 1. The number of esters is 1. The highest BCUT2D eigenvalue weighted by molar-refractivity contribution is 6.35. The maximum atomic E-state index is 14.0. The van der Waals surface area contributed by atoms with Gasteiger partial charge in [0.25, 0.3) is 0 Å². The number of nitrogens with two attached hydrogens (primary N) is 1. The number of hydrazone groups is 1. The van der Waals surface area contributed by atoms with Gasteiger partial charge in [-0.15, -0.1) is 11.6 Å². The maximum absolute atomic E-state index is 14.0. The third-order valence-corrected chi connectivity index (χ3v) is 7.42. The Morgan fingerprint density at radius 1 is 1.00 bits per heavy atom. The molecule has 21 heteroatoms. The minimum atomic E-state index is -4.91. The van der Waals surface area contributed by atoms with Crippen molar-refractivity contribution in [1.29, 1.82) is 0 Å². The first-order valence-electron chi connectivity index (χ1n) is 15.2. The first-order valence-corrected chi connectivity index (χ1v) is 15.6. The van der Waals surface area contributed by atoms with E-state index in [1.165, 1.54) is 18.3 Å². The summed E-state index contributed by atoms with van der Waals surface area (Å²) in [6.45, 7) is 4.47. The van der Waals surface area contributed by atoms with Gasteiger partial charge in [-0.05, 0) is 50.2 Å². The van der Waals surface area contributed by atoms with Crippen LogP contribution in [0.5, 0.6) is 0 Å². The molecule has 1 aromatic heterocycles. The normalized spacial score (nSPS) is 15.8. The predicted molar refractivity (Wildman–Crippen MR) is 176 cm³/mol. The molecule has 2 unspecified atom stereocenters. The van der Waals surface area contributed by atoms with Crippen molar-refractivity contribution < 1.29 is 64.8 Å². The second-order valence-corrected chi connectivity index (χ2v) is 11.2. The van der Waals surface area contributed by atoms with E-state index in [0.29, 0.717) is 12.1 Å². The number of ether oxygens (including phenoxy) is 3. The van der Waals surface area contributed by atoms with Crippen LogP contribution in [0.25, 0.3) is 11.3 Å². The fraction of sp³-hybridized carbons (Fsp3) is 0.344. The largest absolute Gasteiger partial charge is 0.478 e. The van der Waals surface area contributed by atoms with Gasteiger partial charge in [-0.3, -0.25) is 4.79 Å². The molecule has 1 aliphatic heterocycles. The summed E-state index contributed by atoms with van der Waals surface area (Å²) in [6, 6.07) is 5.62. The van der Waals surface area contributed by atoms with Gasteiger partial charge in [0.05, 0.1) is 58.4 Å². The maximum Gasteiger partial charge on any atom is 0.432 e. The van der Waals surface area contributed by atoms with Crippen LogP contribution in [0.2, 0.25) is 0 Å². The Hall–Kier alpha value is -5.50. The molecule has 286 valence electrons. The average molecular weight is 777 g/mol. The number of nitrogen functional groups attached to an aromatic ring is 1. The lowest BCUT2D eigenvalue weighted by Crippen LogP contribution is -2.46. The molecule has 0 bridgehead atoms. The SMILES string of the molecule is CCOC(=O)N1N=C(c2cc(C(=O)OC)c(NC(C)=O)cc2C(F)(F)F)C(Cl)CC1OCC.Nc1cc(C(F)(F)F)c(-c2cccnn2)cc1C(=O)O. The molecule has 4 rings (SSSR count). The molecule has 2 heterocycles. The van der Waals surface area contributed by atoms with Crippen LogP contribution in [-0.4, -0.2) is 81.9 Å². The van der Waals surface area contributed by atoms with Crippen molar-refractivity contribution in [2.24, 2.45) is 5.10 Å². The average Bonchev–Trinajstić information content (AvgIpc) is 3.07. The van der Waals surface area contributed by atoms with Crippen LogP contribution in [0.1, 0.15) is 64.6 Å². The van der Waals surface area contributed by atoms with Crippen LogP contribution >= 0.6 is 11.6 Å². The summed E-state index contributed by atoms with van der Waals surface area (Å²) in [5.41, 5.74) is 0.105. The Balaban J connectivity index is 0.000000321. The molecule has 2 aromatic carbocycles. The highest BCUT2D eigenvalue weighted by atomic mass is 35.5. The van der Waals surface area contributed by atoms with Crippen molar-refractivity contribution in [1.82, 2.24) is 15.2 Å². The first-order chi connectivity index (χ1) is 24.7. The fourth-order valence-electron chi connectivity index (χ4n) is 4.84. The topological polar surface area (TPSA) is 196 Å². The monoisotopic (exact) mass is 776 g/mol. The summed E-state index contributed by atoms with van der Waals surface area (Å²) in [7, 11) is 1.04. The zero-order valence-electron chi connectivity index (χ0n) is 28.1. The highest BCUT2D eigenvalue weighted by Crippen LogP contribution is 2.40. The van der Waals surface area contributed by atoms with Gasteiger partial charge in [0.15, 0.2) is 6.23 Å². The van der Waals surface area contributed by atoms with Crippen LogP contribution in [-0.2, 0) is 31.4 Å².